The summed E-state index contributed by atoms with van der Waals surface area (Å²) < 4.78 is 18.4. The predicted octanol–water partition coefficient (Wildman–Crippen LogP) is 2.77. The highest BCUT2D eigenvalue weighted by atomic mass is 19.1. The first-order valence-corrected chi connectivity index (χ1v) is 6.44. The van der Waals surface area contributed by atoms with Crippen LogP contribution in [-0.4, -0.2) is 25.8 Å². The van der Waals surface area contributed by atoms with Crippen molar-refractivity contribution in [2.75, 3.05) is 24.6 Å². The van der Waals surface area contributed by atoms with Gasteiger partial charge in [0.05, 0.1) is 6.61 Å². The average molecular weight is 268 g/mol. The van der Waals surface area contributed by atoms with Gasteiger partial charge >= 0.3 is 6.09 Å². The Kier molecular flexibility index (Phi) is 6.29. The van der Waals surface area contributed by atoms with Gasteiger partial charge in [-0.3, -0.25) is 4.90 Å². The van der Waals surface area contributed by atoms with Crippen LogP contribution in [0.3, 0.4) is 0 Å². The molecule has 1 rings (SSSR count). The van der Waals surface area contributed by atoms with Crippen molar-refractivity contribution >= 4 is 11.8 Å². The number of nitrogens with two attached hydrogens (primary N) is 1. The summed E-state index contributed by atoms with van der Waals surface area (Å²) in [5.74, 6) is -0.125. The highest BCUT2D eigenvalue weighted by Gasteiger charge is 2.17. The van der Waals surface area contributed by atoms with E-state index in [1.54, 1.807) is 12.1 Å². The molecule has 1 aromatic carbocycles. The van der Waals surface area contributed by atoms with Gasteiger partial charge < -0.3 is 10.5 Å². The summed E-state index contributed by atoms with van der Waals surface area (Å²) in [7, 11) is 0. The zero-order chi connectivity index (χ0) is 14.3. The number of rotatable bonds is 6. The van der Waals surface area contributed by atoms with E-state index in [9.17, 15) is 9.18 Å². The summed E-state index contributed by atoms with van der Waals surface area (Å²) in [5, 5.41) is 0. The number of ether oxygens (including phenoxy) is 1. The Morgan fingerprint density at radius 2 is 2.21 bits per heavy atom. The second-order valence-electron chi connectivity index (χ2n) is 4.74. The van der Waals surface area contributed by atoms with Crippen molar-refractivity contribution in [1.82, 2.24) is 0 Å². The van der Waals surface area contributed by atoms with Crippen LogP contribution in [0.5, 0.6) is 0 Å². The molecule has 0 spiro atoms. The normalized spacial score (nSPS) is 10.6. The molecule has 0 saturated heterocycles. The van der Waals surface area contributed by atoms with E-state index in [-0.39, 0.29) is 11.7 Å². The summed E-state index contributed by atoms with van der Waals surface area (Å²) in [6.07, 6.45) is 0.167. The first-order valence-electron chi connectivity index (χ1n) is 6.44. The molecular formula is C14H21FN2O2. The summed E-state index contributed by atoms with van der Waals surface area (Å²) in [5.41, 5.74) is 5.94. The Balaban J connectivity index is 2.78. The molecule has 0 aliphatic rings. The molecule has 0 atom stereocenters. The maximum atomic E-state index is 13.2. The van der Waals surface area contributed by atoms with E-state index in [0.29, 0.717) is 31.8 Å². The standard InChI is InChI=1S/C14H21FN2O2/c1-11(2)10-19-14(18)17(8-4-7-16)13-6-3-5-12(15)9-13/h3,5-6,9,11H,4,7-8,10,16H2,1-2H3. The lowest BCUT2D eigenvalue weighted by atomic mass is 10.2. The van der Waals surface area contributed by atoms with Gasteiger partial charge in [-0.15, -0.1) is 0 Å². The number of hydrogen-bond donors (Lipinski definition) is 1. The number of nitrogens with zero attached hydrogens (tertiary/aromatic N) is 1. The van der Waals surface area contributed by atoms with Crippen molar-refractivity contribution in [2.24, 2.45) is 11.7 Å². The maximum absolute atomic E-state index is 13.2. The molecule has 1 amide bonds. The Bertz CT molecular complexity index is 410. The Morgan fingerprint density at radius 1 is 1.47 bits per heavy atom. The smallest absolute Gasteiger partial charge is 0.414 e. The van der Waals surface area contributed by atoms with Crippen LogP contribution in [0.4, 0.5) is 14.9 Å². The summed E-state index contributed by atoms with van der Waals surface area (Å²) in [6.45, 7) is 5.13. The second-order valence-corrected chi connectivity index (χ2v) is 4.74. The first kappa shape index (κ1) is 15.4. The Hall–Kier alpha value is -1.62. The fraction of sp³-hybridized carbons (Fsp3) is 0.500. The van der Waals surface area contributed by atoms with E-state index < -0.39 is 6.09 Å². The minimum absolute atomic E-state index is 0.257. The molecule has 0 radical (unpaired) electrons. The van der Waals surface area contributed by atoms with Crippen LogP contribution in [-0.2, 0) is 4.74 Å². The van der Waals surface area contributed by atoms with Gasteiger partial charge in [0.25, 0.3) is 0 Å². The van der Waals surface area contributed by atoms with Crippen molar-refractivity contribution in [1.29, 1.82) is 0 Å². The zero-order valence-electron chi connectivity index (χ0n) is 11.4. The van der Waals surface area contributed by atoms with Gasteiger partial charge in [0.15, 0.2) is 0 Å². The number of carbonyl (C=O) groups is 1. The van der Waals surface area contributed by atoms with Crippen LogP contribution < -0.4 is 10.6 Å². The van der Waals surface area contributed by atoms with E-state index in [4.69, 9.17) is 10.5 Å². The molecule has 5 heteroatoms. The topological polar surface area (TPSA) is 55.6 Å². The lowest BCUT2D eigenvalue weighted by Gasteiger charge is -2.22. The van der Waals surface area contributed by atoms with Gasteiger partial charge in [-0.25, -0.2) is 9.18 Å². The van der Waals surface area contributed by atoms with Gasteiger partial charge in [0.2, 0.25) is 0 Å². The van der Waals surface area contributed by atoms with Crippen LogP contribution in [0.15, 0.2) is 24.3 Å². The van der Waals surface area contributed by atoms with Crippen LogP contribution in [0.1, 0.15) is 20.3 Å². The molecule has 0 aromatic heterocycles. The van der Waals surface area contributed by atoms with Crippen molar-refractivity contribution < 1.29 is 13.9 Å². The number of anilines is 1. The van der Waals surface area contributed by atoms with Crippen LogP contribution in [0.25, 0.3) is 0 Å². The third kappa shape index (κ3) is 5.26. The lowest BCUT2D eigenvalue weighted by Crippen LogP contribution is -2.34. The monoisotopic (exact) mass is 268 g/mol. The largest absolute Gasteiger partial charge is 0.449 e. The van der Waals surface area contributed by atoms with Crippen molar-refractivity contribution in [3.63, 3.8) is 0 Å². The predicted molar refractivity (Wildman–Crippen MR) is 73.6 cm³/mol. The lowest BCUT2D eigenvalue weighted by molar-refractivity contribution is 0.140. The van der Waals surface area contributed by atoms with Gasteiger partial charge in [0, 0.05) is 12.2 Å². The van der Waals surface area contributed by atoms with E-state index in [1.807, 2.05) is 13.8 Å². The molecule has 0 aliphatic carbocycles. The van der Waals surface area contributed by atoms with E-state index in [1.165, 1.54) is 17.0 Å². The third-order valence-corrected chi connectivity index (χ3v) is 2.47. The zero-order valence-corrected chi connectivity index (χ0v) is 11.4. The van der Waals surface area contributed by atoms with Gasteiger partial charge in [0.1, 0.15) is 5.82 Å². The molecule has 19 heavy (non-hydrogen) atoms. The van der Waals surface area contributed by atoms with E-state index in [2.05, 4.69) is 0 Å². The molecule has 106 valence electrons. The molecule has 0 fully saturated rings. The number of halogens is 1. The minimum Gasteiger partial charge on any atom is -0.449 e. The summed E-state index contributed by atoms with van der Waals surface area (Å²) in [4.78, 5) is 13.4. The number of hydrogen-bond acceptors (Lipinski definition) is 3. The highest BCUT2D eigenvalue weighted by molar-refractivity contribution is 5.87. The SMILES string of the molecule is CC(C)COC(=O)N(CCCN)c1cccc(F)c1. The fourth-order valence-corrected chi connectivity index (χ4v) is 1.54. The summed E-state index contributed by atoms with van der Waals surface area (Å²) >= 11 is 0. The van der Waals surface area contributed by atoms with Crippen molar-refractivity contribution in [3.8, 4) is 0 Å². The molecular weight excluding hydrogens is 247 g/mol. The average Bonchev–Trinajstić information content (AvgIpc) is 2.37. The minimum atomic E-state index is -0.465. The fourth-order valence-electron chi connectivity index (χ4n) is 1.54. The Labute approximate surface area is 113 Å². The van der Waals surface area contributed by atoms with Gasteiger partial charge in [-0.2, -0.15) is 0 Å². The molecule has 0 aliphatic heterocycles. The number of benzene rings is 1. The summed E-state index contributed by atoms with van der Waals surface area (Å²) in [6, 6.07) is 5.89. The third-order valence-electron chi connectivity index (χ3n) is 2.47. The molecule has 0 bridgehead atoms. The number of carbonyl (C=O) groups excluding carboxylic acids is 1. The van der Waals surface area contributed by atoms with E-state index >= 15 is 0 Å². The molecule has 0 heterocycles. The molecule has 0 saturated carbocycles. The second kappa shape index (κ2) is 7.74. The van der Waals surface area contributed by atoms with E-state index in [0.717, 1.165) is 0 Å². The molecule has 2 N–H and O–H groups in total. The van der Waals surface area contributed by atoms with Gasteiger partial charge in [-0.05, 0) is 37.1 Å². The quantitative estimate of drug-likeness (QED) is 0.863. The molecule has 0 unspecified atom stereocenters. The first-order chi connectivity index (χ1) is 9.04. The van der Waals surface area contributed by atoms with Crippen LogP contribution in [0.2, 0.25) is 0 Å². The highest BCUT2D eigenvalue weighted by Crippen LogP contribution is 2.17. The van der Waals surface area contributed by atoms with Gasteiger partial charge in [-0.1, -0.05) is 19.9 Å². The maximum Gasteiger partial charge on any atom is 0.414 e. The molecule has 1 aromatic rings. The Morgan fingerprint density at radius 3 is 2.79 bits per heavy atom. The number of amides is 1. The van der Waals surface area contributed by atoms with Crippen LogP contribution in [0, 0.1) is 11.7 Å². The van der Waals surface area contributed by atoms with Crippen molar-refractivity contribution in [2.45, 2.75) is 20.3 Å². The molecule has 4 nitrogen and oxygen atoms in total. The van der Waals surface area contributed by atoms with Crippen LogP contribution >= 0.6 is 0 Å². The van der Waals surface area contributed by atoms with Crippen molar-refractivity contribution in [3.05, 3.63) is 30.1 Å².